The number of anilines is 1. The minimum atomic E-state index is -0.364. The summed E-state index contributed by atoms with van der Waals surface area (Å²) in [6.07, 6.45) is 1.61. The molecule has 0 unspecified atom stereocenters. The molecular formula is C26H19Cl2IN2O4S. The molecule has 6 nitrogen and oxygen atoms in total. The van der Waals surface area contributed by atoms with Crippen molar-refractivity contribution in [3.63, 3.8) is 0 Å². The van der Waals surface area contributed by atoms with Crippen molar-refractivity contribution < 1.29 is 19.1 Å². The van der Waals surface area contributed by atoms with Crippen LogP contribution in [0.1, 0.15) is 16.7 Å². The SMILES string of the molecule is Cc1ccc(NC(=O)COc2ccc(/C=C3\SC(=O)N(Cc4ccc(I)cc4)C3=O)cc2Cl)cc1Cl. The van der Waals surface area contributed by atoms with Crippen molar-refractivity contribution in [1.29, 1.82) is 0 Å². The van der Waals surface area contributed by atoms with Crippen molar-refractivity contribution in [2.75, 3.05) is 11.9 Å². The molecule has 36 heavy (non-hydrogen) atoms. The van der Waals surface area contributed by atoms with E-state index in [1.54, 1.807) is 36.4 Å². The van der Waals surface area contributed by atoms with Gasteiger partial charge in [0.15, 0.2) is 6.61 Å². The quantitative estimate of drug-likeness (QED) is 0.217. The molecule has 1 aliphatic rings. The normalized spacial score (nSPS) is 14.4. The summed E-state index contributed by atoms with van der Waals surface area (Å²) < 4.78 is 6.62. The first-order valence-corrected chi connectivity index (χ1v) is 13.3. The lowest BCUT2D eigenvalue weighted by atomic mass is 10.2. The van der Waals surface area contributed by atoms with Crippen LogP contribution in [0, 0.1) is 10.5 Å². The van der Waals surface area contributed by atoms with Gasteiger partial charge in [-0.05, 0) is 100 Å². The molecule has 0 bridgehead atoms. The molecular weight excluding hydrogens is 634 g/mol. The van der Waals surface area contributed by atoms with Gasteiger partial charge in [0.05, 0.1) is 16.5 Å². The number of hydrogen-bond donors (Lipinski definition) is 1. The van der Waals surface area contributed by atoms with E-state index in [9.17, 15) is 14.4 Å². The molecule has 0 spiro atoms. The Morgan fingerprint density at radius 1 is 1.06 bits per heavy atom. The van der Waals surface area contributed by atoms with Gasteiger partial charge in [-0.2, -0.15) is 0 Å². The Morgan fingerprint density at radius 3 is 2.50 bits per heavy atom. The maximum atomic E-state index is 12.8. The number of imide groups is 1. The van der Waals surface area contributed by atoms with Crippen molar-refractivity contribution >= 4 is 86.4 Å². The molecule has 1 saturated heterocycles. The van der Waals surface area contributed by atoms with Gasteiger partial charge in [-0.15, -0.1) is 0 Å². The number of rotatable bonds is 7. The topological polar surface area (TPSA) is 75.7 Å². The number of hydrogen-bond acceptors (Lipinski definition) is 5. The Labute approximate surface area is 236 Å². The van der Waals surface area contributed by atoms with Crippen LogP contribution in [0.4, 0.5) is 10.5 Å². The lowest BCUT2D eigenvalue weighted by Crippen LogP contribution is -2.27. The minimum absolute atomic E-state index is 0.212. The van der Waals surface area contributed by atoms with Gasteiger partial charge < -0.3 is 10.1 Å². The van der Waals surface area contributed by atoms with Gasteiger partial charge in [0.1, 0.15) is 5.75 Å². The van der Waals surface area contributed by atoms with E-state index >= 15 is 0 Å². The van der Waals surface area contributed by atoms with Crippen molar-refractivity contribution in [3.8, 4) is 5.75 Å². The number of carbonyl (C=O) groups is 3. The molecule has 4 rings (SSSR count). The number of halogens is 3. The summed E-state index contributed by atoms with van der Waals surface area (Å²) in [5, 5.41) is 3.22. The van der Waals surface area contributed by atoms with Gasteiger partial charge in [-0.1, -0.05) is 47.5 Å². The van der Waals surface area contributed by atoms with Gasteiger partial charge in [0.2, 0.25) is 0 Å². The maximum Gasteiger partial charge on any atom is 0.293 e. The number of ether oxygens (including phenoxy) is 1. The van der Waals surface area contributed by atoms with Crippen molar-refractivity contribution in [2.24, 2.45) is 0 Å². The average Bonchev–Trinajstić information content (AvgIpc) is 3.09. The summed E-state index contributed by atoms with van der Waals surface area (Å²) in [6, 6.07) is 17.8. The second-order valence-electron chi connectivity index (χ2n) is 7.88. The summed E-state index contributed by atoms with van der Waals surface area (Å²) in [4.78, 5) is 39.0. The molecule has 3 amide bonds. The summed E-state index contributed by atoms with van der Waals surface area (Å²) in [5.74, 6) is -0.400. The minimum Gasteiger partial charge on any atom is -0.482 e. The Balaban J connectivity index is 1.37. The first kappa shape index (κ1) is 26.5. The highest BCUT2D eigenvalue weighted by molar-refractivity contribution is 14.1. The van der Waals surface area contributed by atoms with Gasteiger partial charge in [-0.3, -0.25) is 19.3 Å². The molecule has 0 aliphatic carbocycles. The van der Waals surface area contributed by atoms with Crippen LogP contribution >= 0.6 is 57.6 Å². The molecule has 1 heterocycles. The van der Waals surface area contributed by atoms with Crippen molar-refractivity contribution in [2.45, 2.75) is 13.5 Å². The molecule has 184 valence electrons. The molecule has 0 aromatic heterocycles. The molecule has 0 atom stereocenters. The van der Waals surface area contributed by atoms with Crippen LogP contribution in [0.25, 0.3) is 6.08 Å². The third kappa shape index (κ3) is 6.61. The maximum absolute atomic E-state index is 12.8. The Bertz CT molecular complexity index is 1380. The summed E-state index contributed by atoms with van der Waals surface area (Å²) in [5.41, 5.74) is 2.98. The van der Waals surface area contributed by atoms with Gasteiger partial charge >= 0.3 is 0 Å². The number of nitrogens with one attached hydrogen (secondary N) is 1. The van der Waals surface area contributed by atoms with Crippen LogP contribution in [0.2, 0.25) is 10.0 Å². The smallest absolute Gasteiger partial charge is 0.293 e. The highest BCUT2D eigenvalue weighted by atomic mass is 127. The molecule has 1 aliphatic heterocycles. The van der Waals surface area contributed by atoms with Crippen LogP contribution in [-0.2, 0) is 16.1 Å². The fourth-order valence-corrected chi connectivity index (χ4v) is 4.92. The third-order valence-electron chi connectivity index (χ3n) is 5.20. The largest absolute Gasteiger partial charge is 0.482 e. The predicted molar refractivity (Wildman–Crippen MR) is 152 cm³/mol. The summed E-state index contributed by atoms with van der Waals surface area (Å²) in [6.45, 7) is 1.84. The van der Waals surface area contributed by atoms with E-state index in [0.29, 0.717) is 26.9 Å². The van der Waals surface area contributed by atoms with E-state index in [1.165, 1.54) is 4.90 Å². The number of carbonyl (C=O) groups excluding carboxylic acids is 3. The fraction of sp³-hybridized carbons (Fsp3) is 0.115. The van der Waals surface area contributed by atoms with Gasteiger partial charge in [-0.25, -0.2) is 0 Å². The van der Waals surface area contributed by atoms with Gasteiger partial charge in [0.25, 0.3) is 17.1 Å². The van der Waals surface area contributed by atoms with Crippen LogP contribution < -0.4 is 10.1 Å². The highest BCUT2D eigenvalue weighted by Gasteiger charge is 2.35. The number of amides is 3. The van der Waals surface area contributed by atoms with E-state index in [0.717, 1.165) is 26.5 Å². The fourth-order valence-electron chi connectivity index (χ4n) is 3.29. The van der Waals surface area contributed by atoms with Crippen LogP contribution in [0.3, 0.4) is 0 Å². The second kappa shape index (κ2) is 11.7. The van der Waals surface area contributed by atoms with E-state index in [2.05, 4.69) is 27.9 Å². The Hall–Kier alpha value is -2.53. The predicted octanol–water partition coefficient (Wildman–Crippen LogP) is 7.16. The summed E-state index contributed by atoms with van der Waals surface area (Å²) in [7, 11) is 0. The van der Waals surface area contributed by atoms with Crippen LogP contribution in [0.15, 0.2) is 65.6 Å². The zero-order valence-corrected chi connectivity index (χ0v) is 23.4. The Morgan fingerprint density at radius 2 is 1.81 bits per heavy atom. The van der Waals surface area contributed by atoms with E-state index in [1.807, 2.05) is 37.3 Å². The molecule has 10 heteroatoms. The molecule has 1 N–H and O–H groups in total. The highest BCUT2D eigenvalue weighted by Crippen LogP contribution is 2.34. The molecule has 0 radical (unpaired) electrons. The molecule has 3 aromatic carbocycles. The third-order valence-corrected chi connectivity index (χ3v) is 7.52. The number of aryl methyl sites for hydroxylation is 1. The molecule has 1 fully saturated rings. The molecule has 3 aromatic rings. The van der Waals surface area contributed by atoms with Gasteiger partial charge in [0, 0.05) is 14.3 Å². The first-order chi connectivity index (χ1) is 17.2. The monoisotopic (exact) mass is 652 g/mol. The number of nitrogens with zero attached hydrogens (tertiary/aromatic N) is 1. The summed E-state index contributed by atoms with van der Waals surface area (Å²) >= 11 is 15.5. The average molecular weight is 653 g/mol. The second-order valence-corrected chi connectivity index (χ2v) is 10.9. The van der Waals surface area contributed by atoms with Crippen molar-refractivity contribution in [3.05, 3.63) is 95.9 Å². The van der Waals surface area contributed by atoms with Crippen LogP contribution in [0.5, 0.6) is 5.75 Å². The number of benzene rings is 3. The number of thioether (sulfide) groups is 1. The molecule has 0 saturated carbocycles. The van der Waals surface area contributed by atoms with Crippen LogP contribution in [-0.4, -0.2) is 28.6 Å². The Kier molecular flexibility index (Phi) is 8.61. The van der Waals surface area contributed by atoms with E-state index < -0.39 is 0 Å². The standard InChI is InChI=1S/C26H19Cl2IN2O4S/c1-15-2-8-19(12-20(15)27)30-24(32)14-35-22-9-5-17(10-21(22)28)11-23-25(33)31(26(34)36-23)13-16-3-6-18(29)7-4-16/h2-12H,13-14H2,1H3,(H,30,32)/b23-11-. The van der Waals surface area contributed by atoms with E-state index in [4.69, 9.17) is 27.9 Å². The first-order valence-electron chi connectivity index (χ1n) is 10.7. The zero-order valence-electron chi connectivity index (χ0n) is 18.9. The lowest BCUT2D eigenvalue weighted by molar-refractivity contribution is -0.123. The van der Waals surface area contributed by atoms with E-state index in [-0.39, 0.29) is 35.2 Å². The zero-order chi connectivity index (χ0) is 25.8. The lowest BCUT2D eigenvalue weighted by Gasteiger charge is -2.12. The van der Waals surface area contributed by atoms with Crippen molar-refractivity contribution in [1.82, 2.24) is 4.90 Å².